The molecule has 1 aromatic rings. The number of imidazole rings is 1. The van der Waals surface area contributed by atoms with E-state index in [2.05, 4.69) is 9.98 Å². The van der Waals surface area contributed by atoms with Crippen molar-refractivity contribution in [2.45, 2.75) is 86.2 Å². The average molecular weight is 652 g/mol. The molecule has 0 amide bonds. The van der Waals surface area contributed by atoms with Gasteiger partial charge in [-0.05, 0) is 12.8 Å². The van der Waals surface area contributed by atoms with Crippen molar-refractivity contribution in [1.82, 2.24) is 9.71 Å². The Morgan fingerprint density at radius 3 is 2.36 bits per heavy atom. The lowest BCUT2D eigenvalue weighted by Crippen LogP contribution is -2.63. The van der Waals surface area contributed by atoms with Crippen molar-refractivity contribution in [1.29, 1.82) is 0 Å². The molecule has 0 aliphatic carbocycles. The van der Waals surface area contributed by atoms with E-state index < -0.39 is 98.6 Å². The van der Waals surface area contributed by atoms with Crippen molar-refractivity contribution in [3.63, 3.8) is 0 Å². The second-order valence-corrected chi connectivity index (χ2v) is 10.5. The summed E-state index contributed by atoms with van der Waals surface area (Å²) < 4.78 is 22.2. The molecule has 2 fully saturated rings. The van der Waals surface area contributed by atoms with E-state index in [0.29, 0.717) is 6.42 Å². The summed E-state index contributed by atoms with van der Waals surface area (Å²) in [7, 11) is 0. The number of aliphatic hydroxyl groups is 7. The molecule has 0 bridgehead atoms. The zero-order chi connectivity index (χ0) is 33.5. The first kappa shape index (κ1) is 36.4. The van der Waals surface area contributed by atoms with E-state index in [0.717, 1.165) is 11.1 Å². The number of guanidine groups is 1. The summed E-state index contributed by atoms with van der Waals surface area (Å²) >= 11 is 0. The van der Waals surface area contributed by atoms with Gasteiger partial charge in [-0.1, -0.05) is 0 Å². The number of carbonyl (C=O) groups excluding carboxylic acids is 2. The Bertz CT molecular complexity index is 1160. The lowest BCUT2D eigenvalue weighted by Gasteiger charge is -2.43. The summed E-state index contributed by atoms with van der Waals surface area (Å²) in [4.78, 5) is 37.7. The lowest BCUT2D eigenvalue weighted by atomic mass is 9.99. The van der Waals surface area contributed by atoms with Crippen LogP contribution in [0.25, 0.3) is 0 Å². The number of hydrogen-bond donors (Lipinski definition) is 11. The van der Waals surface area contributed by atoms with Gasteiger partial charge in [-0.3, -0.25) is 9.79 Å². The highest BCUT2D eigenvalue weighted by atomic mass is 16.8. The standard InChI is InChI=1S/C24H41N7O14/c25-11(2-1-3-29-23(27)28)21(40)45-31-5-10(30-9-31)4-12(26)20(39)41-7-14-15(34)17(36)18(37)22(42-14)44-24(8-33)19(38)16(35)13(6-32)43-24/h5,9,11-19,22,32-38H,1-4,6-8,25-26H2,(H4,27,28,29)/t11-,12-,13+,14+,15+,16+,17-,18+,19-,22+,24-/m0/s1. The van der Waals surface area contributed by atoms with Gasteiger partial charge in [-0.25, -0.2) is 9.78 Å². The fourth-order valence-corrected chi connectivity index (χ4v) is 4.51. The number of nitrogens with zero attached hydrogens (tertiary/aromatic N) is 3. The van der Waals surface area contributed by atoms with Gasteiger partial charge in [0, 0.05) is 13.0 Å². The molecule has 11 atom stereocenters. The van der Waals surface area contributed by atoms with Gasteiger partial charge in [0.15, 0.2) is 12.2 Å². The molecule has 3 rings (SSSR count). The van der Waals surface area contributed by atoms with Gasteiger partial charge in [0.05, 0.1) is 18.5 Å². The largest absolute Gasteiger partial charge is 0.462 e. The Kier molecular flexibility index (Phi) is 12.9. The van der Waals surface area contributed by atoms with Crippen LogP contribution in [-0.4, -0.2) is 157 Å². The van der Waals surface area contributed by atoms with Crippen LogP contribution in [-0.2, 0) is 35.0 Å². The Hall–Kier alpha value is -3.06. The number of ether oxygens (including phenoxy) is 4. The molecule has 1 aromatic heterocycles. The van der Waals surface area contributed by atoms with Crippen LogP contribution in [0.15, 0.2) is 17.5 Å². The summed E-state index contributed by atoms with van der Waals surface area (Å²) in [6.45, 7) is -2.22. The van der Waals surface area contributed by atoms with E-state index >= 15 is 0 Å². The Labute approximate surface area is 255 Å². The number of rotatable bonds is 15. The van der Waals surface area contributed by atoms with Crippen molar-refractivity contribution >= 4 is 17.9 Å². The quantitative estimate of drug-likeness (QED) is 0.0363. The maximum absolute atomic E-state index is 12.6. The van der Waals surface area contributed by atoms with Gasteiger partial charge in [-0.15, -0.1) is 0 Å². The number of aliphatic imine (C=N–C) groups is 1. The maximum atomic E-state index is 12.6. The van der Waals surface area contributed by atoms with Gasteiger partial charge in [0.2, 0.25) is 5.79 Å². The molecule has 3 heterocycles. The number of aromatic nitrogens is 2. The van der Waals surface area contributed by atoms with Crippen LogP contribution in [0.5, 0.6) is 0 Å². The highest BCUT2D eigenvalue weighted by Crippen LogP contribution is 2.36. The van der Waals surface area contributed by atoms with Crippen molar-refractivity contribution in [2.24, 2.45) is 27.9 Å². The third-order valence-electron chi connectivity index (χ3n) is 7.09. The molecule has 2 aliphatic rings. The van der Waals surface area contributed by atoms with E-state index in [1.54, 1.807) is 0 Å². The molecular weight excluding hydrogens is 610 g/mol. The minimum absolute atomic E-state index is 0.0790. The smallest absolute Gasteiger partial charge is 0.349 e. The van der Waals surface area contributed by atoms with Crippen LogP contribution in [0.3, 0.4) is 0 Å². The van der Waals surface area contributed by atoms with Gasteiger partial charge in [-0.2, -0.15) is 4.73 Å². The van der Waals surface area contributed by atoms with E-state index in [9.17, 15) is 45.3 Å². The SMILES string of the molecule is NC(N)=NCCC[C@H](N)C(=O)On1cnc(C[C@H](N)C(=O)OC[C@H]2O[C@H](O[C@]3(CO)O[C@H](CO)[C@@H](O)[C@@H]3O)[C@H](O)[C@@H](O)[C@@H]2O)c1. The van der Waals surface area contributed by atoms with Gasteiger partial charge in [0.25, 0.3) is 0 Å². The van der Waals surface area contributed by atoms with E-state index in [1.807, 2.05) is 0 Å². The average Bonchev–Trinajstić information content (AvgIpc) is 3.55. The van der Waals surface area contributed by atoms with Crippen molar-refractivity contribution in [3.8, 4) is 0 Å². The summed E-state index contributed by atoms with van der Waals surface area (Å²) in [6.07, 6.45) is -11.0. The first-order valence-corrected chi connectivity index (χ1v) is 13.8. The van der Waals surface area contributed by atoms with Crippen LogP contribution in [0.1, 0.15) is 18.5 Å². The molecule has 256 valence electrons. The van der Waals surface area contributed by atoms with E-state index in [-0.39, 0.29) is 31.0 Å². The molecule has 2 saturated heterocycles. The molecule has 0 aromatic carbocycles. The van der Waals surface area contributed by atoms with Gasteiger partial charge in [0.1, 0.15) is 74.4 Å². The number of esters is 1. The summed E-state index contributed by atoms with van der Waals surface area (Å²) in [5, 5.41) is 70.6. The first-order chi connectivity index (χ1) is 21.2. The monoisotopic (exact) mass is 651 g/mol. The third kappa shape index (κ3) is 9.02. The zero-order valence-corrected chi connectivity index (χ0v) is 24.0. The van der Waals surface area contributed by atoms with Crippen LogP contribution >= 0.6 is 0 Å². The van der Waals surface area contributed by atoms with Crippen LogP contribution in [0.2, 0.25) is 0 Å². The van der Waals surface area contributed by atoms with Crippen molar-refractivity contribution in [2.75, 3.05) is 26.4 Å². The second kappa shape index (κ2) is 16.0. The Balaban J connectivity index is 1.52. The number of nitrogens with two attached hydrogens (primary N) is 4. The highest BCUT2D eigenvalue weighted by molar-refractivity contribution is 5.76. The maximum Gasteiger partial charge on any atom is 0.349 e. The molecule has 45 heavy (non-hydrogen) atoms. The van der Waals surface area contributed by atoms with Gasteiger partial charge >= 0.3 is 11.9 Å². The number of carbonyl (C=O) groups is 2. The Morgan fingerprint density at radius 2 is 1.73 bits per heavy atom. The fourth-order valence-electron chi connectivity index (χ4n) is 4.51. The fraction of sp³-hybridized carbons (Fsp3) is 0.750. The zero-order valence-electron chi connectivity index (χ0n) is 24.0. The predicted octanol–water partition coefficient (Wildman–Crippen LogP) is -7.74. The van der Waals surface area contributed by atoms with Crippen LogP contribution in [0.4, 0.5) is 0 Å². The minimum atomic E-state index is -2.37. The topological polar surface area (TPSA) is 356 Å². The normalized spacial score (nSPS) is 32.9. The molecular formula is C24H41N7O14. The summed E-state index contributed by atoms with van der Waals surface area (Å²) in [6, 6.07) is -2.25. The highest BCUT2D eigenvalue weighted by Gasteiger charge is 2.58. The van der Waals surface area contributed by atoms with Crippen LogP contribution < -0.4 is 27.8 Å². The molecule has 0 saturated carbocycles. The minimum Gasteiger partial charge on any atom is -0.462 e. The summed E-state index contributed by atoms with van der Waals surface area (Å²) in [5.74, 6) is -4.18. The first-order valence-electron chi connectivity index (χ1n) is 13.8. The van der Waals surface area contributed by atoms with Crippen LogP contribution in [0, 0.1) is 0 Å². The molecule has 2 aliphatic heterocycles. The Morgan fingerprint density at radius 1 is 1.02 bits per heavy atom. The molecule has 0 radical (unpaired) electrons. The number of hydrogen-bond acceptors (Lipinski definition) is 18. The van der Waals surface area contributed by atoms with Crippen molar-refractivity contribution in [3.05, 3.63) is 18.2 Å². The predicted molar refractivity (Wildman–Crippen MR) is 146 cm³/mol. The molecule has 21 nitrogen and oxygen atoms in total. The van der Waals surface area contributed by atoms with Gasteiger partial charge < -0.3 is 82.5 Å². The van der Waals surface area contributed by atoms with Crippen molar-refractivity contribution < 1.29 is 69.1 Å². The lowest BCUT2D eigenvalue weighted by molar-refractivity contribution is -0.383. The molecule has 0 spiro atoms. The van der Waals surface area contributed by atoms with E-state index in [1.165, 1.54) is 6.20 Å². The molecule has 0 unspecified atom stereocenters. The second-order valence-electron chi connectivity index (χ2n) is 10.5. The number of aliphatic hydroxyl groups excluding tert-OH is 7. The molecule has 21 heteroatoms. The third-order valence-corrected chi connectivity index (χ3v) is 7.09. The summed E-state index contributed by atoms with van der Waals surface area (Å²) in [5.41, 5.74) is 22.4. The molecule has 15 N–H and O–H groups in total. The van der Waals surface area contributed by atoms with E-state index in [4.69, 9.17) is 46.7 Å².